The Hall–Kier alpha value is -4.16. The quantitative estimate of drug-likeness (QED) is 0.159. The standard InChI is InChI=1S/C24H23N5O8S4/c25-17-1-9-21(10-2-17)38(30,31)27-19-5-13-23(14-6-19)40(34,35)29-41(36,37)24-15-7-20(8-16-24)28-39(32,33)22-11-3-18(26)4-12-22/h1-16,27-29H,25-26H2. The summed E-state index contributed by atoms with van der Waals surface area (Å²) in [6.45, 7) is 0. The van der Waals surface area contributed by atoms with Crippen LogP contribution < -0.4 is 25.0 Å². The second-order valence-corrected chi connectivity index (χ2v) is 15.5. The fourth-order valence-electron chi connectivity index (χ4n) is 3.37. The van der Waals surface area contributed by atoms with Crippen molar-refractivity contribution < 1.29 is 33.7 Å². The van der Waals surface area contributed by atoms with E-state index in [-0.39, 0.29) is 21.2 Å². The zero-order valence-corrected chi connectivity index (χ0v) is 24.1. The molecule has 0 heterocycles. The minimum absolute atomic E-state index is 0.0284. The van der Waals surface area contributed by atoms with Crippen molar-refractivity contribution in [3.63, 3.8) is 0 Å². The molecular weight excluding hydrogens is 615 g/mol. The summed E-state index contributed by atoms with van der Waals surface area (Å²) >= 11 is 0. The van der Waals surface area contributed by atoms with E-state index in [4.69, 9.17) is 11.5 Å². The first-order valence-electron chi connectivity index (χ1n) is 11.3. The molecule has 4 aromatic carbocycles. The lowest BCUT2D eigenvalue weighted by Crippen LogP contribution is -2.30. The highest BCUT2D eigenvalue weighted by molar-refractivity contribution is 8.04. The van der Waals surface area contributed by atoms with Gasteiger partial charge in [0.25, 0.3) is 40.1 Å². The average molecular weight is 638 g/mol. The third-order valence-corrected chi connectivity index (χ3v) is 11.8. The summed E-state index contributed by atoms with van der Waals surface area (Å²) in [5, 5.41) is 0. The molecule has 0 fully saturated rings. The minimum atomic E-state index is -4.61. The molecule has 0 aromatic heterocycles. The largest absolute Gasteiger partial charge is 0.399 e. The first kappa shape index (κ1) is 29.8. The van der Waals surface area contributed by atoms with Crippen molar-refractivity contribution in [1.29, 1.82) is 0 Å². The van der Waals surface area contributed by atoms with Crippen LogP contribution in [0, 0.1) is 0 Å². The number of rotatable bonds is 10. The van der Waals surface area contributed by atoms with E-state index < -0.39 is 49.9 Å². The number of hydrogen-bond donors (Lipinski definition) is 5. The molecule has 0 atom stereocenters. The minimum Gasteiger partial charge on any atom is -0.399 e. The fraction of sp³-hybridized carbons (Fsp3) is 0. The molecule has 0 radical (unpaired) electrons. The van der Waals surface area contributed by atoms with E-state index in [2.05, 4.69) is 9.44 Å². The zero-order chi connectivity index (χ0) is 30.1. The molecule has 0 unspecified atom stereocenters. The fourth-order valence-corrected chi connectivity index (χ4v) is 8.40. The molecule has 0 bridgehead atoms. The maximum absolute atomic E-state index is 12.8. The lowest BCUT2D eigenvalue weighted by Gasteiger charge is -2.11. The van der Waals surface area contributed by atoms with E-state index >= 15 is 0 Å². The molecule has 17 heteroatoms. The Kier molecular flexibility index (Phi) is 8.01. The van der Waals surface area contributed by atoms with Crippen LogP contribution in [0.4, 0.5) is 22.7 Å². The summed E-state index contributed by atoms with van der Waals surface area (Å²) in [7, 11) is -17.2. The van der Waals surface area contributed by atoms with Gasteiger partial charge in [0.1, 0.15) is 0 Å². The summed E-state index contributed by atoms with van der Waals surface area (Å²) in [6, 6.07) is 19.5. The number of nitrogens with one attached hydrogen (secondary N) is 3. The first-order valence-corrected chi connectivity index (χ1v) is 17.3. The topological polar surface area (TPSA) is 225 Å². The predicted molar refractivity (Wildman–Crippen MR) is 154 cm³/mol. The smallest absolute Gasteiger partial charge is 0.261 e. The molecule has 13 nitrogen and oxygen atoms in total. The third-order valence-electron chi connectivity index (χ3n) is 5.43. The molecule has 0 saturated carbocycles. The molecule has 4 rings (SSSR count). The maximum Gasteiger partial charge on any atom is 0.261 e. The van der Waals surface area contributed by atoms with Gasteiger partial charge in [-0.05, 0) is 97.1 Å². The van der Waals surface area contributed by atoms with E-state index in [0.29, 0.717) is 11.4 Å². The van der Waals surface area contributed by atoms with E-state index in [9.17, 15) is 33.7 Å². The number of benzene rings is 4. The predicted octanol–water partition coefficient (Wildman–Crippen LogP) is 2.12. The van der Waals surface area contributed by atoms with E-state index in [1.807, 2.05) is 0 Å². The number of nitrogen functional groups attached to an aromatic ring is 2. The Balaban J connectivity index is 1.46. The van der Waals surface area contributed by atoms with Crippen molar-refractivity contribution in [2.75, 3.05) is 20.9 Å². The van der Waals surface area contributed by atoms with Gasteiger partial charge in [-0.1, -0.05) is 0 Å². The van der Waals surface area contributed by atoms with Gasteiger partial charge in [0.2, 0.25) is 0 Å². The molecule has 0 saturated heterocycles. The van der Waals surface area contributed by atoms with Gasteiger partial charge in [-0.25, -0.2) is 33.7 Å². The van der Waals surface area contributed by atoms with Crippen LogP contribution in [0.2, 0.25) is 0 Å². The highest BCUT2D eigenvalue weighted by Gasteiger charge is 2.25. The van der Waals surface area contributed by atoms with Gasteiger partial charge >= 0.3 is 0 Å². The average Bonchev–Trinajstić information content (AvgIpc) is 2.89. The summed E-state index contributed by atoms with van der Waals surface area (Å²) in [6.07, 6.45) is 0. The van der Waals surface area contributed by atoms with Gasteiger partial charge in [0.15, 0.2) is 0 Å². The normalized spacial score (nSPS) is 12.5. The third kappa shape index (κ3) is 7.14. The number of nitrogens with two attached hydrogens (primary N) is 2. The lowest BCUT2D eigenvalue weighted by molar-refractivity contribution is 0.576. The SMILES string of the molecule is Nc1ccc(S(=O)(=O)Nc2ccc(S(=O)(=O)NS(=O)(=O)c3ccc(NS(=O)(=O)c4ccc(N)cc4)cc3)cc2)cc1. The Morgan fingerprint density at radius 3 is 0.902 bits per heavy atom. The number of hydrogen-bond acceptors (Lipinski definition) is 10. The van der Waals surface area contributed by atoms with Crippen LogP contribution >= 0.6 is 0 Å². The maximum atomic E-state index is 12.8. The van der Waals surface area contributed by atoms with Gasteiger partial charge < -0.3 is 11.5 Å². The molecule has 0 aliphatic carbocycles. The summed E-state index contributed by atoms with van der Waals surface area (Å²) < 4.78 is 107. The Labute approximate surface area is 237 Å². The summed E-state index contributed by atoms with van der Waals surface area (Å²) in [5.41, 5.74) is 11.9. The zero-order valence-electron chi connectivity index (χ0n) is 20.8. The second-order valence-electron chi connectivity index (χ2n) is 8.49. The van der Waals surface area contributed by atoms with Gasteiger partial charge in [-0.15, -0.1) is 4.13 Å². The van der Waals surface area contributed by atoms with Crippen molar-refractivity contribution in [3.8, 4) is 0 Å². The monoisotopic (exact) mass is 637 g/mol. The van der Waals surface area contributed by atoms with Crippen LogP contribution in [0.1, 0.15) is 0 Å². The second kappa shape index (κ2) is 11.0. The first-order chi connectivity index (χ1) is 19.1. The van der Waals surface area contributed by atoms with Gasteiger partial charge in [-0.3, -0.25) is 9.44 Å². The molecule has 0 amide bonds. The summed E-state index contributed by atoms with van der Waals surface area (Å²) in [5.74, 6) is 0. The Morgan fingerprint density at radius 1 is 0.366 bits per heavy atom. The molecule has 4 aromatic rings. The van der Waals surface area contributed by atoms with Crippen molar-refractivity contribution in [1.82, 2.24) is 4.13 Å². The van der Waals surface area contributed by atoms with Crippen LogP contribution in [-0.4, -0.2) is 33.7 Å². The van der Waals surface area contributed by atoms with Crippen molar-refractivity contribution in [3.05, 3.63) is 97.1 Å². The highest BCUT2D eigenvalue weighted by Crippen LogP contribution is 2.22. The molecule has 0 spiro atoms. The van der Waals surface area contributed by atoms with Crippen LogP contribution in [0.15, 0.2) is 117 Å². The Bertz CT molecular complexity index is 1850. The molecule has 0 aliphatic rings. The molecule has 216 valence electrons. The van der Waals surface area contributed by atoms with Crippen molar-refractivity contribution in [2.45, 2.75) is 19.6 Å². The molecule has 41 heavy (non-hydrogen) atoms. The van der Waals surface area contributed by atoms with Crippen LogP contribution in [0.5, 0.6) is 0 Å². The van der Waals surface area contributed by atoms with Crippen LogP contribution in [0.25, 0.3) is 0 Å². The highest BCUT2D eigenvalue weighted by atomic mass is 32.3. The molecule has 7 N–H and O–H groups in total. The molecular formula is C24H23N5O8S4. The lowest BCUT2D eigenvalue weighted by atomic mass is 10.3. The van der Waals surface area contributed by atoms with Gasteiger partial charge in [-0.2, -0.15) is 0 Å². The van der Waals surface area contributed by atoms with Gasteiger partial charge in [0, 0.05) is 22.7 Å². The van der Waals surface area contributed by atoms with E-state index in [1.54, 1.807) is 4.13 Å². The Morgan fingerprint density at radius 2 is 0.610 bits per heavy atom. The van der Waals surface area contributed by atoms with Crippen LogP contribution in [0.3, 0.4) is 0 Å². The molecule has 0 aliphatic heterocycles. The number of sulfonamides is 4. The van der Waals surface area contributed by atoms with E-state index in [0.717, 1.165) is 48.5 Å². The van der Waals surface area contributed by atoms with E-state index in [1.165, 1.54) is 48.5 Å². The van der Waals surface area contributed by atoms with Crippen molar-refractivity contribution in [2.24, 2.45) is 0 Å². The number of anilines is 4. The van der Waals surface area contributed by atoms with Crippen LogP contribution in [-0.2, 0) is 40.1 Å². The van der Waals surface area contributed by atoms with Gasteiger partial charge in [0.05, 0.1) is 19.6 Å². The van der Waals surface area contributed by atoms with Crippen molar-refractivity contribution >= 4 is 62.8 Å². The summed E-state index contributed by atoms with van der Waals surface area (Å²) in [4.78, 5) is -1.05.